The van der Waals surface area contributed by atoms with Crippen LogP contribution in [-0.2, 0) is 14.4 Å². The first-order valence-electron chi connectivity index (χ1n) is 8.95. The quantitative estimate of drug-likeness (QED) is 0.619. The molecule has 28 heavy (non-hydrogen) atoms. The number of amides is 5. The Balaban J connectivity index is 1.79. The van der Waals surface area contributed by atoms with Crippen molar-refractivity contribution in [1.29, 1.82) is 0 Å². The highest BCUT2D eigenvalue weighted by atomic mass is 79.9. The first-order chi connectivity index (χ1) is 13.0. The van der Waals surface area contributed by atoms with Crippen molar-refractivity contribution < 1.29 is 19.2 Å². The first-order valence-corrected chi connectivity index (χ1v) is 9.74. The fraction of sp³-hybridized carbons (Fsp3) is 0.474. The van der Waals surface area contributed by atoms with E-state index >= 15 is 0 Å². The van der Waals surface area contributed by atoms with E-state index in [9.17, 15) is 19.2 Å². The zero-order chi connectivity index (χ0) is 21.1. The maximum Gasteiger partial charge on any atom is 0.325 e. The van der Waals surface area contributed by atoms with Crippen molar-refractivity contribution in [3.8, 4) is 0 Å². The minimum absolute atomic E-state index is 0.0789. The van der Waals surface area contributed by atoms with E-state index in [1.165, 1.54) is 4.90 Å². The maximum absolute atomic E-state index is 12.2. The van der Waals surface area contributed by atoms with Gasteiger partial charge in [0.2, 0.25) is 11.8 Å². The smallest absolute Gasteiger partial charge is 0.325 e. The number of aryl methyl sites for hydroxylation is 1. The van der Waals surface area contributed by atoms with Crippen molar-refractivity contribution in [2.45, 2.75) is 39.2 Å². The Labute approximate surface area is 172 Å². The summed E-state index contributed by atoms with van der Waals surface area (Å²) in [6, 6.07) is 5.06. The molecular formula is C19H25BrN4O4. The third-order valence-corrected chi connectivity index (χ3v) is 4.98. The molecule has 1 fully saturated rings. The zero-order valence-corrected chi connectivity index (χ0v) is 18.1. The number of hydrogen-bond donors (Lipinski definition) is 2. The van der Waals surface area contributed by atoms with Crippen LogP contribution in [0.2, 0.25) is 0 Å². The molecule has 1 heterocycles. The van der Waals surface area contributed by atoms with Gasteiger partial charge in [-0.1, -0.05) is 15.9 Å². The highest BCUT2D eigenvalue weighted by molar-refractivity contribution is 9.10. The second-order valence-electron chi connectivity index (χ2n) is 7.37. The molecule has 1 saturated heterocycles. The fourth-order valence-corrected chi connectivity index (χ4v) is 3.34. The number of nitrogens with zero attached hydrogens (tertiary/aromatic N) is 2. The zero-order valence-electron chi connectivity index (χ0n) is 16.5. The Morgan fingerprint density at radius 2 is 1.96 bits per heavy atom. The number of rotatable bonds is 7. The molecule has 0 unspecified atom stereocenters. The van der Waals surface area contributed by atoms with Crippen LogP contribution < -0.4 is 10.6 Å². The van der Waals surface area contributed by atoms with Crippen LogP contribution >= 0.6 is 15.9 Å². The number of anilines is 1. The molecular weight excluding hydrogens is 428 g/mol. The van der Waals surface area contributed by atoms with Crippen molar-refractivity contribution in [2.75, 3.05) is 25.5 Å². The van der Waals surface area contributed by atoms with Crippen molar-refractivity contribution >= 4 is 45.4 Å². The van der Waals surface area contributed by atoms with Gasteiger partial charge in [-0.05, 0) is 51.0 Å². The summed E-state index contributed by atoms with van der Waals surface area (Å²) >= 11 is 3.37. The summed E-state index contributed by atoms with van der Waals surface area (Å²) in [6.07, 6.45) is 0.477. The average Bonchev–Trinajstić information content (AvgIpc) is 2.78. The molecule has 5 amide bonds. The van der Waals surface area contributed by atoms with Crippen LogP contribution in [0.1, 0.15) is 32.3 Å². The summed E-state index contributed by atoms with van der Waals surface area (Å²) < 4.78 is 0.920. The summed E-state index contributed by atoms with van der Waals surface area (Å²) in [6.45, 7) is 5.24. The summed E-state index contributed by atoms with van der Waals surface area (Å²) in [7, 11) is 1.55. The average molecular weight is 453 g/mol. The van der Waals surface area contributed by atoms with Crippen LogP contribution in [0.5, 0.6) is 0 Å². The summed E-state index contributed by atoms with van der Waals surface area (Å²) in [5.74, 6) is -0.825. The first kappa shape index (κ1) is 21.9. The lowest BCUT2D eigenvalue weighted by atomic mass is 10.1. The SMILES string of the molecule is Cc1cc(Br)ccc1NC(=O)CN(C)C(=O)CCCN1C(=O)NC(C)(C)C1=O. The van der Waals surface area contributed by atoms with Crippen LogP contribution in [0.15, 0.2) is 22.7 Å². The molecule has 152 valence electrons. The second kappa shape index (κ2) is 8.72. The maximum atomic E-state index is 12.2. The summed E-state index contributed by atoms with van der Waals surface area (Å²) in [5.41, 5.74) is 0.685. The molecule has 0 aromatic heterocycles. The number of nitrogens with one attached hydrogen (secondary N) is 2. The third kappa shape index (κ3) is 5.31. The predicted octanol–water partition coefficient (Wildman–Crippen LogP) is 2.27. The number of imide groups is 1. The van der Waals surface area contributed by atoms with Gasteiger partial charge in [0, 0.05) is 30.2 Å². The molecule has 0 bridgehead atoms. The number of halogens is 1. The van der Waals surface area contributed by atoms with Gasteiger partial charge in [0.25, 0.3) is 5.91 Å². The Morgan fingerprint density at radius 3 is 2.54 bits per heavy atom. The molecule has 2 N–H and O–H groups in total. The van der Waals surface area contributed by atoms with Gasteiger partial charge in [0.1, 0.15) is 5.54 Å². The van der Waals surface area contributed by atoms with Crippen molar-refractivity contribution in [3.05, 3.63) is 28.2 Å². The Kier molecular flexibility index (Phi) is 6.82. The number of urea groups is 1. The van der Waals surface area contributed by atoms with Crippen LogP contribution in [0.4, 0.5) is 10.5 Å². The molecule has 0 atom stereocenters. The van der Waals surface area contributed by atoms with E-state index in [0.29, 0.717) is 12.1 Å². The molecule has 9 heteroatoms. The predicted molar refractivity (Wildman–Crippen MR) is 109 cm³/mol. The molecule has 1 aromatic carbocycles. The van der Waals surface area contributed by atoms with E-state index in [4.69, 9.17) is 0 Å². The summed E-state index contributed by atoms with van der Waals surface area (Å²) in [5, 5.41) is 5.38. The van der Waals surface area contributed by atoms with E-state index in [0.717, 1.165) is 14.9 Å². The molecule has 0 radical (unpaired) electrons. The molecule has 1 aliphatic heterocycles. The van der Waals surface area contributed by atoms with E-state index in [1.807, 2.05) is 19.1 Å². The number of carbonyl (C=O) groups is 4. The Hall–Kier alpha value is -2.42. The number of carbonyl (C=O) groups excluding carboxylic acids is 4. The van der Waals surface area contributed by atoms with E-state index in [1.54, 1.807) is 27.0 Å². The van der Waals surface area contributed by atoms with E-state index in [2.05, 4.69) is 26.6 Å². The lowest BCUT2D eigenvalue weighted by Gasteiger charge is -2.19. The molecule has 8 nitrogen and oxygen atoms in total. The molecule has 1 aliphatic rings. The van der Waals surface area contributed by atoms with Gasteiger partial charge in [-0.25, -0.2) is 4.79 Å². The minimum atomic E-state index is -0.916. The molecule has 0 spiro atoms. The normalized spacial score (nSPS) is 15.4. The molecule has 0 saturated carbocycles. The van der Waals surface area contributed by atoms with Crippen molar-refractivity contribution in [1.82, 2.24) is 15.1 Å². The Bertz CT molecular complexity index is 809. The topological polar surface area (TPSA) is 98.8 Å². The van der Waals surface area contributed by atoms with Gasteiger partial charge in [0.15, 0.2) is 0 Å². The van der Waals surface area contributed by atoms with Gasteiger partial charge in [-0.3, -0.25) is 19.3 Å². The molecule has 2 rings (SSSR count). The minimum Gasteiger partial charge on any atom is -0.336 e. The fourth-order valence-electron chi connectivity index (χ4n) is 2.86. The lowest BCUT2D eigenvalue weighted by molar-refractivity contribution is -0.134. The van der Waals surface area contributed by atoms with Crippen molar-refractivity contribution in [3.63, 3.8) is 0 Å². The van der Waals surface area contributed by atoms with Crippen LogP contribution in [0.3, 0.4) is 0 Å². The van der Waals surface area contributed by atoms with Gasteiger partial charge >= 0.3 is 6.03 Å². The van der Waals surface area contributed by atoms with Crippen LogP contribution in [0, 0.1) is 6.92 Å². The molecule has 1 aromatic rings. The standard InChI is InChI=1S/C19H25BrN4O4/c1-12-10-13(20)7-8-14(12)21-15(25)11-23(4)16(26)6-5-9-24-17(27)19(2,3)22-18(24)28/h7-8,10H,5-6,9,11H2,1-4H3,(H,21,25)(H,22,28). The number of likely N-dealkylation sites (N-methyl/N-ethyl adjacent to an activating group) is 1. The van der Waals surface area contributed by atoms with Crippen LogP contribution in [-0.4, -0.2) is 59.2 Å². The monoisotopic (exact) mass is 452 g/mol. The van der Waals surface area contributed by atoms with Gasteiger partial charge in [-0.2, -0.15) is 0 Å². The van der Waals surface area contributed by atoms with Gasteiger partial charge in [0.05, 0.1) is 6.54 Å². The number of benzene rings is 1. The largest absolute Gasteiger partial charge is 0.336 e. The number of hydrogen-bond acceptors (Lipinski definition) is 4. The molecule has 0 aliphatic carbocycles. The van der Waals surface area contributed by atoms with Crippen molar-refractivity contribution in [2.24, 2.45) is 0 Å². The summed E-state index contributed by atoms with van der Waals surface area (Å²) in [4.78, 5) is 50.8. The Morgan fingerprint density at radius 1 is 1.29 bits per heavy atom. The highest BCUT2D eigenvalue weighted by Gasteiger charge is 2.43. The third-order valence-electron chi connectivity index (χ3n) is 4.49. The lowest BCUT2D eigenvalue weighted by Crippen LogP contribution is -2.40. The van der Waals surface area contributed by atoms with E-state index < -0.39 is 11.6 Å². The highest BCUT2D eigenvalue weighted by Crippen LogP contribution is 2.20. The van der Waals surface area contributed by atoms with Crippen LogP contribution in [0.25, 0.3) is 0 Å². The second-order valence-corrected chi connectivity index (χ2v) is 8.29. The van der Waals surface area contributed by atoms with Gasteiger partial charge in [-0.15, -0.1) is 0 Å². The van der Waals surface area contributed by atoms with E-state index in [-0.39, 0.29) is 37.2 Å². The van der Waals surface area contributed by atoms with Gasteiger partial charge < -0.3 is 15.5 Å².